The van der Waals surface area contributed by atoms with Gasteiger partial charge in [-0.15, -0.1) is 0 Å². The Balaban J connectivity index is 2.13. The lowest BCUT2D eigenvalue weighted by atomic mass is 10.1. The summed E-state index contributed by atoms with van der Waals surface area (Å²) in [4.78, 5) is 10.2. The summed E-state index contributed by atoms with van der Waals surface area (Å²) in [5.74, 6) is 1.09. The molecule has 0 spiro atoms. The van der Waals surface area contributed by atoms with Gasteiger partial charge in [-0.1, -0.05) is 18.0 Å². The summed E-state index contributed by atoms with van der Waals surface area (Å²) in [5, 5.41) is 13.3. The van der Waals surface area contributed by atoms with Gasteiger partial charge in [0.15, 0.2) is 11.0 Å². The molecule has 6 heteroatoms. The van der Waals surface area contributed by atoms with Gasteiger partial charge in [-0.3, -0.25) is 0 Å². The van der Waals surface area contributed by atoms with Crippen molar-refractivity contribution in [2.75, 3.05) is 30.9 Å². The highest BCUT2D eigenvalue weighted by atomic mass is 35.5. The van der Waals surface area contributed by atoms with Crippen molar-refractivity contribution >= 4 is 23.1 Å². The minimum Gasteiger partial charge on any atom is -0.393 e. The Bertz CT molecular complexity index is 415. The Hall–Kier alpha value is -1.07. The van der Waals surface area contributed by atoms with E-state index in [0.29, 0.717) is 11.1 Å². The number of aliphatic hydroxyl groups excluding tert-OH is 1. The molecule has 18 heavy (non-hydrogen) atoms. The van der Waals surface area contributed by atoms with Crippen molar-refractivity contribution in [1.82, 2.24) is 9.97 Å². The molecule has 1 saturated carbocycles. The number of nitrogens with zero attached hydrogens (tertiary/aromatic N) is 3. The molecule has 0 amide bonds. The van der Waals surface area contributed by atoms with Crippen LogP contribution in [0.4, 0.5) is 11.5 Å². The first-order chi connectivity index (χ1) is 8.63. The fourth-order valence-corrected chi connectivity index (χ4v) is 2.75. The van der Waals surface area contributed by atoms with Crippen molar-refractivity contribution < 1.29 is 5.11 Å². The Morgan fingerprint density at radius 2 is 2.28 bits per heavy atom. The molecule has 0 bridgehead atoms. The third-order valence-corrected chi connectivity index (χ3v) is 3.81. The molecule has 0 saturated heterocycles. The fourth-order valence-electron chi connectivity index (χ4n) is 2.53. The molecular formula is C12H19ClN4O. The second-order valence-corrected chi connectivity index (χ2v) is 5.11. The van der Waals surface area contributed by atoms with Crippen molar-refractivity contribution in [3.05, 3.63) is 11.5 Å². The van der Waals surface area contributed by atoms with Gasteiger partial charge >= 0.3 is 0 Å². The molecular weight excluding hydrogens is 252 g/mol. The Morgan fingerprint density at radius 3 is 2.89 bits per heavy atom. The van der Waals surface area contributed by atoms with E-state index >= 15 is 0 Å². The minimum absolute atomic E-state index is 0.192. The number of rotatable bonds is 4. The third-order valence-electron chi connectivity index (χ3n) is 3.52. The molecule has 2 unspecified atom stereocenters. The fraction of sp³-hybridized carbons (Fsp3) is 0.667. The lowest BCUT2D eigenvalue weighted by molar-refractivity contribution is 0.136. The maximum atomic E-state index is 9.86. The number of aromatic nitrogens is 2. The zero-order valence-corrected chi connectivity index (χ0v) is 11.5. The van der Waals surface area contributed by atoms with Gasteiger partial charge in [0.2, 0.25) is 0 Å². The molecule has 5 nitrogen and oxygen atoms in total. The van der Waals surface area contributed by atoms with E-state index in [1.54, 1.807) is 7.05 Å². The van der Waals surface area contributed by atoms with Crippen molar-refractivity contribution in [1.29, 1.82) is 0 Å². The van der Waals surface area contributed by atoms with Crippen LogP contribution in [0.1, 0.15) is 19.3 Å². The number of hydrogen-bond donors (Lipinski definition) is 2. The van der Waals surface area contributed by atoms with Gasteiger partial charge < -0.3 is 15.3 Å². The molecule has 1 aliphatic carbocycles. The van der Waals surface area contributed by atoms with Crippen molar-refractivity contribution in [2.24, 2.45) is 5.92 Å². The van der Waals surface area contributed by atoms with E-state index in [1.165, 1.54) is 6.33 Å². The lowest BCUT2D eigenvalue weighted by Gasteiger charge is -2.25. The lowest BCUT2D eigenvalue weighted by Crippen LogP contribution is -2.30. The molecule has 2 rings (SSSR count). The maximum absolute atomic E-state index is 9.86. The highest BCUT2D eigenvalue weighted by Crippen LogP contribution is 2.31. The largest absolute Gasteiger partial charge is 0.393 e. The number of halogens is 1. The summed E-state index contributed by atoms with van der Waals surface area (Å²) >= 11 is 6.03. The molecule has 1 fully saturated rings. The highest BCUT2D eigenvalue weighted by molar-refractivity contribution is 6.32. The van der Waals surface area contributed by atoms with Crippen molar-refractivity contribution in [3.8, 4) is 0 Å². The second-order valence-electron chi connectivity index (χ2n) is 4.75. The zero-order valence-electron chi connectivity index (χ0n) is 10.7. The van der Waals surface area contributed by atoms with Crippen molar-refractivity contribution in [2.45, 2.75) is 25.4 Å². The Kier molecular flexibility index (Phi) is 4.24. The molecule has 1 aliphatic rings. The summed E-state index contributed by atoms with van der Waals surface area (Å²) in [7, 11) is 3.76. The van der Waals surface area contributed by atoms with E-state index in [9.17, 15) is 5.11 Å². The predicted molar refractivity (Wildman–Crippen MR) is 73.2 cm³/mol. The van der Waals surface area contributed by atoms with Crippen LogP contribution in [0.3, 0.4) is 0 Å². The number of hydrogen-bond acceptors (Lipinski definition) is 5. The number of aliphatic hydroxyl groups is 1. The van der Waals surface area contributed by atoms with Gasteiger partial charge in [0.1, 0.15) is 12.0 Å². The average Bonchev–Trinajstić information content (AvgIpc) is 2.74. The SMILES string of the molecule is CNc1c(Cl)ncnc1N(C)CC1CCCC1O. The van der Waals surface area contributed by atoms with Gasteiger partial charge in [0.05, 0.1) is 6.10 Å². The average molecular weight is 271 g/mol. The van der Waals surface area contributed by atoms with Crippen LogP contribution < -0.4 is 10.2 Å². The van der Waals surface area contributed by atoms with E-state index < -0.39 is 0 Å². The molecule has 0 aromatic carbocycles. The van der Waals surface area contributed by atoms with Gasteiger partial charge in [-0.25, -0.2) is 9.97 Å². The Morgan fingerprint density at radius 1 is 1.50 bits per heavy atom. The van der Waals surface area contributed by atoms with Crippen LogP contribution in [-0.4, -0.2) is 41.8 Å². The number of anilines is 2. The standard InChI is InChI=1S/C12H19ClN4O/c1-14-10-11(13)15-7-16-12(10)17(2)6-8-4-3-5-9(8)18/h7-9,14,18H,3-6H2,1-2H3. The zero-order chi connectivity index (χ0) is 13.1. The van der Waals surface area contributed by atoms with Crippen LogP contribution in [0.2, 0.25) is 5.15 Å². The van der Waals surface area contributed by atoms with E-state index in [-0.39, 0.29) is 6.10 Å². The van der Waals surface area contributed by atoms with Gasteiger partial charge in [-0.05, 0) is 12.8 Å². The highest BCUT2D eigenvalue weighted by Gasteiger charge is 2.27. The summed E-state index contributed by atoms with van der Waals surface area (Å²) in [6.45, 7) is 0.781. The minimum atomic E-state index is -0.192. The molecule has 1 aromatic heterocycles. The van der Waals surface area contributed by atoms with Crippen LogP contribution in [0.25, 0.3) is 0 Å². The molecule has 1 heterocycles. The normalized spacial score (nSPS) is 23.1. The van der Waals surface area contributed by atoms with Crippen LogP contribution >= 0.6 is 11.6 Å². The molecule has 100 valence electrons. The van der Waals surface area contributed by atoms with E-state index in [4.69, 9.17) is 11.6 Å². The first kappa shape index (κ1) is 13.4. The second kappa shape index (κ2) is 5.71. The molecule has 0 radical (unpaired) electrons. The Labute approximate surface area is 112 Å². The topological polar surface area (TPSA) is 61.3 Å². The van der Waals surface area contributed by atoms with Crippen LogP contribution in [0, 0.1) is 5.92 Å². The molecule has 1 aromatic rings. The predicted octanol–water partition coefficient (Wildman–Crippen LogP) is 1.77. The first-order valence-corrected chi connectivity index (χ1v) is 6.58. The van der Waals surface area contributed by atoms with Crippen LogP contribution in [0.5, 0.6) is 0 Å². The van der Waals surface area contributed by atoms with E-state index in [0.717, 1.165) is 37.3 Å². The van der Waals surface area contributed by atoms with Crippen LogP contribution in [0.15, 0.2) is 6.33 Å². The maximum Gasteiger partial charge on any atom is 0.157 e. The molecule has 0 aliphatic heterocycles. The van der Waals surface area contributed by atoms with Gasteiger partial charge in [0, 0.05) is 26.6 Å². The quantitative estimate of drug-likeness (QED) is 0.817. The van der Waals surface area contributed by atoms with E-state index in [2.05, 4.69) is 15.3 Å². The first-order valence-electron chi connectivity index (χ1n) is 6.21. The summed E-state index contributed by atoms with van der Waals surface area (Å²) in [5.41, 5.74) is 0.731. The monoisotopic (exact) mass is 270 g/mol. The van der Waals surface area contributed by atoms with Crippen LogP contribution in [-0.2, 0) is 0 Å². The third kappa shape index (κ3) is 2.67. The molecule has 2 atom stereocenters. The van der Waals surface area contributed by atoms with Gasteiger partial charge in [-0.2, -0.15) is 0 Å². The van der Waals surface area contributed by atoms with Gasteiger partial charge in [0.25, 0.3) is 0 Å². The summed E-state index contributed by atoms with van der Waals surface area (Å²) < 4.78 is 0. The number of nitrogens with one attached hydrogen (secondary N) is 1. The van der Waals surface area contributed by atoms with E-state index in [1.807, 2.05) is 11.9 Å². The summed E-state index contributed by atoms with van der Waals surface area (Å²) in [6, 6.07) is 0. The smallest absolute Gasteiger partial charge is 0.157 e. The molecule has 2 N–H and O–H groups in total. The van der Waals surface area contributed by atoms with Crippen molar-refractivity contribution in [3.63, 3.8) is 0 Å². The summed E-state index contributed by atoms with van der Waals surface area (Å²) in [6.07, 6.45) is 4.34.